The molecule has 0 spiro atoms. The molecule has 264 valence electrons. The Bertz CT molecular complexity index is 2210. The Labute approximate surface area is 304 Å². The van der Waals surface area contributed by atoms with E-state index in [-0.39, 0.29) is 35.6 Å². The zero-order valence-corrected chi connectivity index (χ0v) is 30.7. The summed E-state index contributed by atoms with van der Waals surface area (Å²) in [5.41, 5.74) is 1.58. The van der Waals surface area contributed by atoms with Crippen LogP contribution in [0.5, 0.6) is 11.5 Å². The van der Waals surface area contributed by atoms with Gasteiger partial charge in [-0.1, -0.05) is 42.3 Å². The molecule has 51 heavy (non-hydrogen) atoms. The number of aromatic hydroxyl groups is 1. The van der Waals surface area contributed by atoms with Crippen molar-refractivity contribution >= 4 is 62.5 Å². The molecular formula is C39H39ClN4O6S. The molecule has 2 aliphatic heterocycles. The van der Waals surface area contributed by atoms with E-state index in [9.17, 15) is 19.5 Å². The number of anilines is 1. The Morgan fingerprint density at radius 1 is 1.06 bits per heavy atom. The number of phenols is 1. The number of fused-ring (bicyclic) bond motifs is 5. The number of halogens is 1. The van der Waals surface area contributed by atoms with E-state index in [1.165, 1.54) is 9.80 Å². The SMILES string of the molecule is CCCN1C(=O)[C@H]2[C@H](CC=C3[C@H]2C[C@H]2C(=O)N(c4cc(-c5sc6ccc(Cl)cc6c5C)nn4C)C(=O)[C@@]2(C)[C@H]3c2cccc(OCC)c2O)C1=O. The van der Waals surface area contributed by atoms with Crippen molar-refractivity contribution in [2.24, 2.45) is 36.1 Å². The van der Waals surface area contributed by atoms with Crippen LogP contribution in [0.1, 0.15) is 57.1 Å². The molecule has 4 aromatic rings. The Hall–Kier alpha value is -4.48. The predicted octanol–water partition coefficient (Wildman–Crippen LogP) is 7.01. The normalized spacial score (nSPS) is 27.3. The summed E-state index contributed by atoms with van der Waals surface area (Å²) >= 11 is 7.88. The number of carbonyl (C=O) groups excluding carboxylic acids is 4. The summed E-state index contributed by atoms with van der Waals surface area (Å²) in [5, 5.41) is 18.1. The van der Waals surface area contributed by atoms with E-state index in [1.54, 1.807) is 54.3 Å². The van der Waals surface area contributed by atoms with Gasteiger partial charge in [0.2, 0.25) is 23.6 Å². The number of hydrogen-bond donors (Lipinski definition) is 1. The van der Waals surface area contributed by atoms with Crippen LogP contribution in [-0.4, -0.2) is 56.6 Å². The molecule has 2 saturated heterocycles. The summed E-state index contributed by atoms with van der Waals surface area (Å²) in [4.78, 5) is 60.9. The molecule has 12 heteroatoms. The van der Waals surface area contributed by atoms with Gasteiger partial charge < -0.3 is 9.84 Å². The average Bonchev–Trinajstić information content (AvgIpc) is 3.77. The van der Waals surface area contributed by atoms with Crippen LogP contribution >= 0.6 is 22.9 Å². The number of likely N-dealkylation sites (tertiary alicyclic amines) is 1. The van der Waals surface area contributed by atoms with Crippen molar-refractivity contribution < 1.29 is 29.0 Å². The lowest BCUT2D eigenvalue weighted by molar-refractivity contribution is -0.140. The maximum atomic E-state index is 15.1. The van der Waals surface area contributed by atoms with Crippen molar-refractivity contribution in [1.29, 1.82) is 0 Å². The van der Waals surface area contributed by atoms with E-state index in [0.717, 1.165) is 26.1 Å². The van der Waals surface area contributed by atoms with Gasteiger partial charge >= 0.3 is 0 Å². The summed E-state index contributed by atoms with van der Waals surface area (Å²) in [6.07, 6.45) is 3.21. The van der Waals surface area contributed by atoms with E-state index in [2.05, 4.69) is 0 Å². The molecule has 2 aliphatic carbocycles. The fourth-order valence-corrected chi connectivity index (χ4v) is 10.7. The van der Waals surface area contributed by atoms with Crippen LogP contribution in [0.3, 0.4) is 0 Å². The molecule has 0 radical (unpaired) electrons. The number of rotatable bonds is 7. The summed E-state index contributed by atoms with van der Waals surface area (Å²) < 4.78 is 8.39. The third kappa shape index (κ3) is 4.69. The average molecular weight is 727 g/mol. The minimum absolute atomic E-state index is 0.101. The van der Waals surface area contributed by atoms with Crippen molar-refractivity contribution in [2.45, 2.75) is 52.9 Å². The first kappa shape index (κ1) is 33.7. The van der Waals surface area contributed by atoms with Crippen LogP contribution in [0.25, 0.3) is 20.7 Å². The first-order valence-electron chi connectivity index (χ1n) is 17.5. The maximum Gasteiger partial charge on any atom is 0.242 e. The van der Waals surface area contributed by atoms with Crippen LogP contribution < -0.4 is 9.64 Å². The van der Waals surface area contributed by atoms with Crippen LogP contribution in [0.4, 0.5) is 5.82 Å². The molecule has 2 aromatic carbocycles. The van der Waals surface area contributed by atoms with Gasteiger partial charge in [-0.05, 0) is 81.2 Å². The second kappa shape index (κ2) is 12.1. The Morgan fingerprint density at radius 2 is 1.84 bits per heavy atom. The zero-order chi connectivity index (χ0) is 36.1. The molecule has 4 aliphatic rings. The molecule has 1 saturated carbocycles. The van der Waals surface area contributed by atoms with Gasteiger partial charge in [0, 0.05) is 40.9 Å². The van der Waals surface area contributed by atoms with E-state index < -0.39 is 40.9 Å². The quantitative estimate of drug-likeness (QED) is 0.161. The molecule has 4 amide bonds. The molecule has 0 bridgehead atoms. The number of nitrogens with zero attached hydrogens (tertiary/aromatic N) is 4. The number of ether oxygens (including phenoxy) is 1. The highest BCUT2D eigenvalue weighted by atomic mass is 35.5. The number of hydrogen-bond acceptors (Lipinski definition) is 8. The van der Waals surface area contributed by atoms with Gasteiger partial charge in [0.25, 0.3) is 0 Å². The largest absolute Gasteiger partial charge is 0.504 e. The molecule has 8 rings (SSSR count). The number of benzene rings is 2. The molecular weight excluding hydrogens is 688 g/mol. The molecule has 10 nitrogen and oxygen atoms in total. The van der Waals surface area contributed by atoms with E-state index in [4.69, 9.17) is 21.4 Å². The summed E-state index contributed by atoms with van der Waals surface area (Å²) in [5.74, 6) is -3.88. The number of para-hydroxylation sites is 1. The fourth-order valence-electron chi connectivity index (χ4n) is 9.35. The Kier molecular flexibility index (Phi) is 7.95. The highest BCUT2D eigenvalue weighted by Gasteiger charge is 2.68. The summed E-state index contributed by atoms with van der Waals surface area (Å²) in [6, 6.07) is 12.7. The summed E-state index contributed by atoms with van der Waals surface area (Å²) in [6.45, 7) is 8.23. The lowest BCUT2D eigenvalue weighted by atomic mass is 9.51. The molecule has 4 heterocycles. The van der Waals surface area contributed by atoms with Crippen LogP contribution in [0, 0.1) is 36.0 Å². The number of aromatic nitrogens is 2. The van der Waals surface area contributed by atoms with Gasteiger partial charge in [0.05, 0.1) is 34.7 Å². The highest BCUT2D eigenvalue weighted by molar-refractivity contribution is 7.22. The van der Waals surface area contributed by atoms with Crippen LogP contribution in [0.15, 0.2) is 54.1 Å². The van der Waals surface area contributed by atoms with Crippen LogP contribution in [-0.2, 0) is 26.2 Å². The summed E-state index contributed by atoms with van der Waals surface area (Å²) in [7, 11) is 1.72. The second-order valence-electron chi connectivity index (χ2n) is 14.3. The van der Waals surface area contributed by atoms with E-state index in [0.29, 0.717) is 48.1 Å². The number of carbonyl (C=O) groups is 4. The van der Waals surface area contributed by atoms with Gasteiger partial charge in [-0.2, -0.15) is 5.10 Å². The van der Waals surface area contributed by atoms with E-state index in [1.807, 2.05) is 45.0 Å². The van der Waals surface area contributed by atoms with Crippen molar-refractivity contribution in [3.63, 3.8) is 0 Å². The number of thiophene rings is 1. The Morgan fingerprint density at radius 3 is 2.59 bits per heavy atom. The van der Waals surface area contributed by atoms with Crippen molar-refractivity contribution in [2.75, 3.05) is 18.1 Å². The van der Waals surface area contributed by atoms with Gasteiger partial charge in [0.1, 0.15) is 11.5 Å². The molecule has 2 aromatic heterocycles. The zero-order valence-electron chi connectivity index (χ0n) is 29.1. The monoisotopic (exact) mass is 726 g/mol. The molecule has 1 N–H and O–H groups in total. The van der Waals surface area contributed by atoms with Gasteiger partial charge in [-0.15, -0.1) is 11.3 Å². The minimum atomic E-state index is -1.32. The fraction of sp³-hybridized carbons (Fsp3) is 0.410. The number of aryl methyl sites for hydroxylation is 2. The lowest BCUT2D eigenvalue weighted by Gasteiger charge is -2.49. The topological polar surface area (TPSA) is 122 Å². The Balaban J connectivity index is 1.26. The first-order chi connectivity index (χ1) is 24.4. The maximum absolute atomic E-state index is 15.1. The number of phenolic OH excluding ortho intramolecular Hbond substituents is 1. The lowest BCUT2D eigenvalue weighted by Crippen LogP contribution is -2.49. The van der Waals surface area contributed by atoms with Crippen molar-refractivity contribution in [3.8, 4) is 22.1 Å². The molecule has 6 atom stereocenters. The van der Waals surface area contributed by atoms with Gasteiger partial charge in [-0.3, -0.25) is 28.8 Å². The second-order valence-corrected chi connectivity index (χ2v) is 15.8. The van der Waals surface area contributed by atoms with Gasteiger partial charge in [-0.25, -0.2) is 4.90 Å². The predicted molar refractivity (Wildman–Crippen MR) is 195 cm³/mol. The first-order valence-corrected chi connectivity index (χ1v) is 18.7. The van der Waals surface area contributed by atoms with Crippen LogP contribution in [0.2, 0.25) is 5.02 Å². The molecule has 0 unspecified atom stereocenters. The van der Waals surface area contributed by atoms with Crippen molar-refractivity contribution in [1.82, 2.24) is 14.7 Å². The number of allylic oxidation sites excluding steroid dienone is 2. The molecule has 3 fully saturated rings. The highest BCUT2D eigenvalue weighted by Crippen LogP contribution is 2.65. The third-order valence-corrected chi connectivity index (χ3v) is 13.2. The standard InChI is InChI=1S/C39H39ClN4O6S/c1-6-15-43-35(46)22-13-12-21-25(31(22)37(43)48)17-26-36(47)44(38(49)39(26,4)32(21)23-9-8-10-28(33(23)45)50-7-2)30-18-27(41-42(30)5)34-19(3)24-16-20(40)11-14-29(24)51-34/h8-12,14,16,18,22,25-26,31-32,45H,6-7,13,15,17H2,1-5H3/t22-,25+,26-,31-,32+,39+/m0/s1. The third-order valence-electron chi connectivity index (χ3n) is 11.7. The van der Waals surface area contributed by atoms with Crippen molar-refractivity contribution in [3.05, 3.63) is 70.3 Å². The van der Waals surface area contributed by atoms with E-state index >= 15 is 4.79 Å². The minimum Gasteiger partial charge on any atom is -0.504 e. The smallest absolute Gasteiger partial charge is 0.242 e. The number of imide groups is 2. The van der Waals surface area contributed by atoms with Gasteiger partial charge in [0.15, 0.2) is 11.5 Å². The number of amides is 4.